The first kappa shape index (κ1) is 19.6. The van der Waals surface area contributed by atoms with Crippen LogP contribution in [0, 0.1) is 34.5 Å². The van der Waals surface area contributed by atoms with Gasteiger partial charge >= 0.3 is 5.97 Å². The minimum atomic E-state index is -0.414. The van der Waals surface area contributed by atoms with E-state index in [2.05, 4.69) is 19.1 Å². The lowest BCUT2D eigenvalue weighted by Crippen LogP contribution is -2.52. The summed E-state index contributed by atoms with van der Waals surface area (Å²) in [6.07, 6.45) is 11.0. The molecule has 0 aliphatic heterocycles. The van der Waals surface area contributed by atoms with Gasteiger partial charge in [-0.3, -0.25) is 14.4 Å². The Morgan fingerprint density at radius 3 is 2.71 bits per heavy atom. The van der Waals surface area contributed by atoms with Crippen molar-refractivity contribution >= 4 is 17.5 Å². The molecule has 4 aliphatic carbocycles. The average molecular weight is 386 g/mol. The number of ether oxygens (including phenoxy) is 1. The number of fused-ring (bicyclic) bond motifs is 5. The van der Waals surface area contributed by atoms with E-state index in [0.717, 1.165) is 37.7 Å². The van der Waals surface area contributed by atoms with Crippen LogP contribution in [-0.4, -0.2) is 35.9 Å². The van der Waals surface area contributed by atoms with Crippen molar-refractivity contribution in [3.63, 3.8) is 0 Å². The highest BCUT2D eigenvalue weighted by molar-refractivity contribution is 5.92. The van der Waals surface area contributed by atoms with Gasteiger partial charge in [0.2, 0.25) is 0 Å². The van der Waals surface area contributed by atoms with Gasteiger partial charge in [-0.15, -0.1) is 0 Å². The van der Waals surface area contributed by atoms with Crippen molar-refractivity contribution in [3.8, 4) is 0 Å². The molecular weight excluding hydrogens is 356 g/mol. The summed E-state index contributed by atoms with van der Waals surface area (Å²) in [5.74, 6) is 0.740. The Labute approximate surface area is 166 Å². The number of rotatable bonds is 4. The van der Waals surface area contributed by atoms with Gasteiger partial charge in [0, 0.05) is 24.7 Å². The third-order valence-corrected chi connectivity index (χ3v) is 8.34. The van der Waals surface area contributed by atoms with Gasteiger partial charge in [-0.25, -0.2) is 0 Å². The van der Waals surface area contributed by atoms with Crippen LogP contribution >= 0.6 is 0 Å². The molecule has 6 atom stereocenters. The molecule has 4 aliphatic rings. The minimum Gasteiger partial charge on any atom is -0.458 e. The summed E-state index contributed by atoms with van der Waals surface area (Å²) in [6, 6.07) is 0. The molecule has 5 nitrogen and oxygen atoms in total. The molecule has 0 bridgehead atoms. The zero-order valence-electron chi connectivity index (χ0n) is 16.8. The first-order chi connectivity index (χ1) is 13.3. The van der Waals surface area contributed by atoms with E-state index in [-0.39, 0.29) is 41.5 Å². The maximum absolute atomic E-state index is 12.8. The fraction of sp³-hybridized carbons (Fsp3) is 0.696. The summed E-state index contributed by atoms with van der Waals surface area (Å²) in [7, 11) is 0. The van der Waals surface area contributed by atoms with E-state index in [0.29, 0.717) is 24.2 Å². The second kappa shape index (κ2) is 6.94. The summed E-state index contributed by atoms with van der Waals surface area (Å²) >= 11 is 0. The quantitative estimate of drug-likeness (QED) is 0.751. The number of carbonyl (C=O) groups excluding carboxylic acids is 3. The fourth-order valence-electron chi connectivity index (χ4n) is 6.91. The maximum atomic E-state index is 12.8. The lowest BCUT2D eigenvalue weighted by Gasteiger charge is -2.56. The average Bonchev–Trinajstić information content (AvgIpc) is 3.03. The predicted molar refractivity (Wildman–Crippen MR) is 103 cm³/mol. The first-order valence-corrected chi connectivity index (χ1v) is 10.5. The van der Waals surface area contributed by atoms with Gasteiger partial charge < -0.3 is 9.84 Å². The maximum Gasteiger partial charge on any atom is 0.303 e. The second-order valence-electron chi connectivity index (χ2n) is 9.45. The highest BCUT2D eigenvalue weighted by Crippen LogP contribution is 2.65. The number of esters is 1. The van der Waals surface area contributed by atoms with Gasteiger partial charge in [0.1, 0.15) is 6.61 Å². The molecule has 0 aromatic carbocycles. The number of aliphatic hydroxyl groups is 1. The molecular formula is C23H30O5. The molecule has 1 N–H and O–H groups in total. The second-order valence-corrected chi connectivity index (χ2v) is 9.45. The molecule has 0 spiro atoms. The fourth-order valence-corrected chi connectivity index (χ4v) is 6.91. The highest BCUT2D eigenvalue weighted by Gasteiger charge is 2.60. The van der Waals surface area contributed by atoms with Crippen LogP contribution in [0.25, 0.3) is 0 Å². The van der Waals surface area contributed by atoms with E-state index in [1.165, 1.54) is 6.92 Å². The Balaban J connectivity index is 1.62. The van der Waals surface area contributed by atoms with Crippen LogP contribution in [0.5, 0.6) is 0 Å². The van der Waals surface area contributed by atoms with Gasteiger partial charge in [-0.1, -0.05) is 19.1 Å². The van der Waals surface area contributed by atoms with Crippen molar-refractivity contribution in [1.29, 1.82) is 0 Å². The highest BCUT2D eigenvalue weighted by atomic mass is 16.5. The Morgan fingerprint density at radius 2 is 2.00 bits per heavy atom. The lowest BCUT2D eigenvalue weighted by atomic mass is 9.48. The standard InChI is InChI=1S/C23H30O5/c1-14(25)28-12-21(27)20-6-5-18-17-4-3-15-11-16(26)7-10-23(15,13-24)19(17)8-9-22(18,20)2/h3-4,11,17-20,24H,5-10,12-13H2,1-2H3/t17-,18-,19-,20+,22-,23+/m0/s1. The zero-order chi connectivity index (χ0) is 20.1. The van der Waals surface area contributed by atoms with Crippen molar-refractivity contribution in [2.75, 3.05) is 13.2 Å². The van der Waals surface area contributed by atoms with Crippen LogP contribution in [0.1, 0.15) is 52.4 Å². The molecule has 0 aromatic rings. The summed E-state index contributed by atoms with van der Waals surface area (Å²) in [6.45, 7) is 3.52. The molecule has 2 fully saturated rings. The largest absolute Gasteiger partial charge is 0.458 e. The van der Waals surface area contributed by atoms with Gasteiger partial charge in [0.05, 0.1) is 6.61 Å². The van der Waals surface area contributed by atoms with Crippen LogP contribution < -0.4 is 0 Å². The number of Topliss-reactive ketones (excluding diaryl/α,β-unsaturated/α-hetero) is 1. The topological polar surface area (TPSA) is 80.7 Å². The van der Waals surface area contributed by atoms with Crippen molar-refractivity contribution in [3.05, 3.63) is 23.8 Å². The van der Waals surface area contributed by atoms with E-state index in [4.69, 9.17) is 4.74 Å². The Kier molecular flexibility index (Phi) is 4.85. The van der Waals surface area contributed by atoms with Crippen molar-refractivity contribution in [2.45, 2.75) is 52.4 Å². The Morgan fingerprint density at radius 1 is 1.21 bits per heavy atom. The van der Waals surface area contributed by atoms with Crippen LogP contribution in [-0.2, 0) is 19.1 Å². The van der Waals surface area contributed by atoms with Crippen LogP contribution in [0.2, 0.25) is 0 Å². The van der Waals surface area contributed by atoms with E-state index < -0.39 is 5.97 Å². The molecule has 2 saturated carbocycles. The molecule has 28 heavy (non-hydrogen) atoms. The molecule has 0 unspecified atom stereocenters. The minimum absolute atomic E-state index is 0.0409. The number of aliphatic hydroxyl groups excluding tert-OH is 1. The summed E-state index contributed by atoms with van der Waals surface area (Å²) < 4.78 is 4.99. The van der Waals surface area contributed by atoms with Gasteiger partial charge in [0.15, 0.2) is 11.6 Å². The Hall–Kier alpha value is -1.75. The van der Waals surface area contributed by atoms with E-state index in [1.54, 1.807) is 6.08 Å². The molecule has 152 valence electrons. The normalized spacial score (nSPS) is 41.5. The monoisotopic (exact) mass is 386 g/mol. The van der Waals surface area contributed by atoms with Crippen LogP contribution in [0.15, 0.2) is 23.8 Å². The summed E-state index contributed by atoms with van der Waals surface area (Å²) in [4.78, 5) is 35.8. The third-order valence-electron chi connectivity index (χ3n) is 8.34. The van der Waals surface area contributed by atoms with Gasteiger partial charge in [-0.2, -0.15) is 0 Å². The molecule has 0 radical (unpaired) electrons. The molecule has 5 heteroatoms. The summed E-state index contributed by atoms with van der Waals surface area (Å²) in [5, 5.41) is 10.4. The zero-order valence-corrected chi connectivity index (χ0v) is 16.8. The van der Waals surface area contributed by atoms with Gasteiger partial charge in [-0.05, 0) is 66.9 Å². The SMILES string of the molecule is CC(=O)OCC(=O)[C@H]1CC[C@H]2[C@@H]3C=CC4=CC(=O)CC[C@]4(CO)[C@H]3CC[C@]12C. The van der Waals surface area contributed by atoms with Crippen molar-refractivity contribution in [2.24, 2.45) is 34.5 Å². The Bertz CT molecular complexity index is 765. The molecule has 0 aromatic heterocycles. The molecule has 4 rings (SSSR count). The lowest BCUT2D eigenvalue weighted by molar-refractivity contribution is -0.149. The summed E-state index contributed by atoms with van der Waals surface area (Å²) in [5.41, 5.74) is 0.594. The van der Waals surface area contributed by atoms with E-state index in [1.807, 2.05) is 0 Å². The number of carbonyl (C=O) groups is 3. The van der Waals surface area contributed by atoms with Crippen molar-refractivity contribution < 1.29 is 24.2 Å². The van der Waals surface area contributed by atoms with Crippen LogP contribution in [0.3, 0.4) is 0 Å². The number of allylic oxidation sites excluding steroid dienone is 3. The molecule has 0 heterocycles. The predicted octanol–water partition coefficient (Wildman–Crippen LogP) is 3.02. The number of hydrogen-bond acceptors (Lipinski definition) is 5. The first-order valence-electron chi connectivity index (χ1n) is 10.5. The molecule has 0 saturated heterocycles. The van der Waals surface area contributed by atoms with E-state index >= 15 is 0 Å². The van der Waals surface area contributed by atoms with Crippen LogP contribution in [0.4, 0.5) is 0 Å². The van der Waals surface area contributed by atoms with Crippen molar-refractivity contribution in [1.82, 2.24) is 0 Å². The van der Waals surface area contributed by atoms with E-state index in [9.17, 15) is 19.5 Å². The molecule has 0 amide bonds. The van der Waals surface area contributed by atoms with Gasteiger partial charge in [0.25, 0.3) is 0 Å². The smallest absolute Gasteiger partial charge is 0.303 e. The third kappa shape index (κ3) is 2.81. The number of ketones is 2. The number of hydrogen-bond donors (Lipinski definition) is 1.